The van der Waals surface area contributed by atoms with Crippen molar-refractivity contribution in [3.05, 3.63) is 16.4 Å². The molecule has 1 atom stereocenters. The SMILES string of the molecule is CCCc1nn(C(C)CC)c(Cl)c1C=O. The van der Waals surface area contributed by atoms with Gasteiger partial charge in [0.1, 0.15) is 5.15 Å². The zero-order valence-electron chi connectivity index (χ0n) is 9.46. The number of aryl methyl sites for hydroxylation is 1. The van der Waals surface area contributed by atoms with Crippen molar-refractivity contribution >= 4 is 17.9 Å². The van der Waals surface area contributed by atoms with E-state index in [0.29, 0.717) is 10.7 Å². The normalized spacial score (nSPS) is 12.8. The molecule has 15 heavy (non-hydrogen) atoms. The molecule has 0 radical (unpaired) electrons. The Hall–Kier alpha value is -0.830. The van der Waals surface area contributed by atoms with E-state index in [1.165, 1.54) is 0 Å². The van der Waals surface area contributed by atoms with Gasteiger partial charge in [-0.15, -0.1) is 0 Å². The summed E-state index contributed by atoms with van der Waals surface area (Å²) in [7, 11) is 0. The van der Waals surface area contributed by atoms with Gasteiger partial charge in [-0.2, -0.15) is 5.10 Å². The van der Waals surface area contributed by atoms with Gasteiger partial charge in [0.15, 0.2) is 6.29 Å². The minimum Gasteiger partial charge on any atom is -0.298 e. The maximum absolute atomic E-state index is 10.9. The van der Waals surface area contributed by atoms with Gasteiger partial charge in [0, 0.05) is 0 Å². The van der Waals surface area contributed by atoms with Gasteiger partial charge in [0.05, 0.1) is 17.3 Å². The van der Waals surface area contributed by atoms with Gasteiger partial charge in [-0.1, -0.05) is 31.9 Å². The Bertz CT molecular complexity index is 347. The predicted molar refractivity (Wildman–Crippen MR) is 61.6 cm³/mol. The summed E-state index contributed by atoms with van der Waals surface area (Å²) < 4.78 is 1.75. The molecule has 0 amide bonds. The maximum Gasteiger partial charge on any atom is 0.155 e. The minimum atomic E-state index is 0.238. The number of halogens is 1. The Kier molecular flexibility index (Phi) is 4.33. The fourth-order valence-corrected chi connectivity index (χ4v) is 1.83. The quantitative estimate of drug-likeness (QED) is 0.725. The largest absolute Gasteiger partial charge is 0.298 e. The molecular formula is C11H17ClN2O. The van der Waals surface area contributed by atoms with Gasteiger partial charge in [-0.25, -0.2) is 0 Å². The summed E-state index contributed by atoms with van der Waals surface area (Å²) in [6, 6.07) is 0.238. The molecule has 1 heterocycles. The summed E-state index contributed by atoms with van der Waals surface area (Å²) in [6.07, 6.45) is 3.52. The van der Waals surface area contributed by atoms with Crippen molar-refractivity contribution in [2.75, 3.05) is 0 Å². The molecule has 1 aromatic heterocycles. The van der Waals surface area contributed by atoms with Crippen LogP contribution in [0.15, 0.2) is 0 Å². The second-order valence-corrected chi connectivity index (χ2v) is 4.08. The van der Waals surface area contributed by atoms with E-state index in [0.717, 1.165) is 31.2 Å². The van der Waals surface area contributed by atoms with Gasteiger partial charge in [0.25, 0.3) is 0 Å². The summed E-state index contributed by atoms with van der Waals surface area (Å²) in [5, 5.41) is 4.87. The number of rotatable bonds is 5. The zero-order valence-corrected chi connectivity index (χ0v) is 10.2. The Morgan fingerprint density at radius 2 is 2.20 bits per heavy atom. The van der Waals surface area contributed by atoms with E-state index >= 15 is 0 Å². The highest BCUT2D eigenvalue weighted by Gasteiger charge is 2.17. The summed E-state index contributed by atoms with van der Waals surface area (Å²) >= 11 is 6.11. The number of aldehydes is 1. The van der Waals surface area contributed by atoms with Crippen molar-refractivity contribution in [1.82, 2.24) is 9.78 Å². The molecule has 0 spiro atoms. The molecule has 0 aliphatic rings. The van der Waals surface area contributed by atoms with Crippen LogP contribution in [0, 0.1) is 0 Å². The lowest BCUT2D eigenvalue weighted by molar-refractivity contribution is 0.112. The molecule has 0 aliphatic heterocycles. The monoisotopic (exact) mass is 228 g/mol. The average Bonchev–Trinajstić information content (AvgIpc) is 2.55. The molecule has 4 heteroatoms. The molecule has 0 saturated heterocycles. The van der Waals surface area contributed by atoms with Crippen LogP contribution in [0.5, 0.6) is 0 Å². The van der Waals surface area contributed by atoms with E-state index in [-0.39, 0.29) is 6.04 Å². The van der Waals surface area contributed by atoms with Gasteiger partial charge in [-0.3, -0.25) is 9.48 Å². The average molecular weight is 229 g/mol. The van der Waals surface area contributed by atoms with Crippen LogP contribution in [-0.4, -0.2) is 16.1 Å². The first-order valence-electron chi connectivity index (χ1n) is 5.37. The molecule has 0 fully saturated rings. The summed E-state index contributed by atoms with van der Waals surface area (Å²) in [5.41, 5.74) is 1.37. The first-order chi connectivity index (χ1) is 7.15. The third-order valence-corrected chi connectivity index (χ3v) is 2.95. The number of carbonyl (C=O) groups excluding carboxylic acids is 1. The number of aromatic nitrogens is 2. The van der Waals surface area contributed by atoms with Crippen LogP contribution in [0.2, 0.25) is 5.15 Å². The van der Waals surface area contributed by atoms with Crippen molar-refractivity contribution in [3.63, 3.8) is 0 Å². The zero-order chi connectivity index (χ0) is 11.4. The van der Waals surface area contributed by atoms with Gasteiger partial charge in [-0.05, 0) is 19.8 Å². The summed E-state index contributed by atoms with van der Waals surface area (Å²) in [5.74, 6) is 0. The second kappa shape index (κ2) is 5.31. The van der Waals surface area contributed by atoms with E-state index in [4.69, 9.17) is 11.6 Å². The fraction of sp³-hybridized carbons (Fsp3) is 0.636. The molecule has 0 saturated carbocycles. The van der Waals surface area contributed by atoms with E-state index in [2.05, 4.69) is 18.9 Å². The first-order valence-corrected chi connectivity index (χ1v) is 5.75. The molecule has 84 valence electrons. The standard InChI is InChI=1S/C11H17ClN2O/c1-4-6-10-9(7-15)11(12)14(13-10)8(3)5-2/h7-8H,4-6H2,1-3H3. The van der Waals surface area contributed by atoms with Crippen molar-refractivity contribution in [2.45, 2.75) is 46.1 Å². The van der Waals surface area contributed by atoms with Crippen LogP contribution in [0.4, 0.5) is 0 Å². The highest BCUT2D eigenvalue weighted by atomic mass is 35.5. The number of hydrogen-bond acceptors (Lipinski definition) is 2. The predicted octanol–water partition coefficient (Wildman–Crippen LogP) is 3.27. The molecule has 1 aromatic rings. The lowest BCUT2D eigenvalue weighted by Crippen LogP contribution is -2.06. The molecular weight excluding hydrogens is 212 g/mol. The number of carbonyl (C=O) groups is 1. The molecule has 1 unspecified atom stereocenters. The van der Waals surface area contributed by atoms with Gasteiger partial charge >= 0.3 is 0 Å². The molecule has 0 bridgehead atoms. The lowest BCUT2D eigenvalue weighted by Gasteiger charge is -2.09. The Morgan fingerprint density at radius 3 is 2.67 bits per heavy atom. The number of hydrogen-bond donors (Lipinski definition) is 0. The van der Waals surface area contributed by atoms with Crippen LogP contribution in [0.25, 0.3) is 0 Å². The second-order valence-electron chi connectivity index (χ2n) is 3.72. The van der Waals surface area contributed by atoms with E-state index in [9.17, 15) is 4.79 Å². The van der Waals surface area contributed by atoms with Crippen LogP contribution in [0.3, 0.4) is 0 Å². The van der Waals surface area contributed by atoms with Crippen molar-refractivity contribution in [3.8, 4) is 0 Å². The molecule has 0 N–H and O–H groups in total. The van der Waals surface area contributed by atoms with Crippen LogP contribution in [0.1, 0.15) is 55.7 Å². The molecule has 0 aliphatic carbocycles. The third-order valence-electron chi connectivity index (χ3n) is 2.58. The molecule has 1 rings (SSSR count). The van der Waals surface area contributed by atoms with Crippen molar-refractivity contribution in [1.29, 1.82) is 0 Å². The third kappa shape index (κ3) is 2.40. The number of nitrogens with zero attached hydrogens (tertiary/aromatic N) is 2. The lowest BCUT2D eigenvalue weighted by atomic mass is 10.2. The first kappa shape index (κ1) is 12.2. The Balaban J connectivity index is 3.14. The smallest absolute Gasteiger partial charge is 0.155 e. The van der Waals surface area contributed by atoms with E-state index < -0.39 is 0 Å². The van der Waals surface area contributed by atoms with E-state index in [1.807, 2.05) is 6.92 Å². The van der Waals surface area contributed by atoms with Gasteiger partial charge in [0.2, 0.25) is 0 Å². The summed E-state index contributed by atoms with van der Waals surface area (Å²) in [6.45, 7) is 6.18. The topological polar surface area (TPSA) is 34.9 Å². The van der Waals surface area contributed by atoms with Crippen LogP contribution in [-0.2, 0) is 6.42 Å². The molecule has 3 nitrogen and oxygen atoms in total. The Morgan fingerprint density at radius 1 is 1.53 bits per heavy atom. The van der Waals surface area contributed by atoms with Crippen molar-refractivity contribution < 1.29 is 4.79 Å². The van der Waals surface area contributed by atoms with Crippen LogP contribution < -0.4 is 0 Å². The highest BCUT2D eigenvalue weighted by molar-refractivity contribution is 6.32. The van der Waals surface area contributed by atoms with Crippen molar-refractivity contribution in [2.24, 2.45) is 0 Å². The van der Waals surface area contributed by atoms with Crippen LogP contribution >= 0.6 is 11.6 Å². The highest BCUT2D eigenvalue weighted by Crippen LogP contribution is 2.24. The fourth-order valence-electron chi connectivity index (χ4n) is 1.47. The Labute approximate surface area is 95.4 Å². The van der Waals surface area contributed by atoms with Gasteiger partial charge < -0.3 is 0 Å². The minimum absolute atomic E-state index is 0.238. The van der Waals surface area contributed by atoms with E-state index in [1.54, 1.807) is 4.68 Å². The summed E-state index contributed by atoms with van der Waals surface area (Å²) in [4.78, 5) is 10.9. The maximum atomic E-state index is 10.9. The molecule has 0 aromatic carbocycles.